The van der Waals surface area contributed by atoms with Crippen molar-refractivity contribution in [2.24, 2.45) is 0 Å². The van der Waals surface area contributed by atoms with Gasteiger partial charge in [0.2, 0.25) is 0 Å². The predicted octanol–water partition coefficient (Wildman–Crippen LogP) is -0.694. The molecule has 0 spiro atoms. The van der Waals surface area contributed by atoms with Gasteiger partial charge in [0.15, 0.2) is 5.60 Å². The van der Waals surface area contributed by atoms with Crippen molar-refractivity contribution in [2.75, 3.05) is 39.3 Å². The minimum Gasteiger partial charge on any atom is -0.479 e. The van der Waals surface area contributed by atoms with E-state index in [1.54, 1.807) is 6.92 Å². The van der Waals surface area contributed by atoms with Crippen molar-refractivity contribution < 1.29 is 29.3 Å². The van der Waals surface area contributed by atoms with Crippen LogP contribution in [-0.2, 0) is 9.53 Å². The average Bonchev–Trinajstić information content (AvgIpc) is 2.45. The highest BCUT2D eigenvalue weighted by Crippen LogP contribution is 2.05. The average molecular weight is 303 g/mol. The van der Waals surface area contributed by atoms with Crippen LogP contribution < -0.4 is 5.32 Å². The molecule has 1 heterocycles. The molecule has 21 heavy (non-hydrogen) atoms. The Kier molecular flexibility index (Phi) is 5.77. The van der Waals surface area contributed by atoms with Gasteiger partial charge in [-0.2, -0.15) is 0 Å². The lowest BCUT2D eigenvalue weighted by atomic mass is 10.1. The molecule has 9 heteroatoms. The summed E-state index contributed by atoms with van der Waals surface area (Å²) in [5.74, 6) is -1.41. The highest BCUT2D eigenvalue weighted by atomic mass is 16.6. The zero-order chi connectivity index (χ0) is 16.0. The fourth-order valence-corrected chi connectivity index (χ4v) is 1.74. The second kappa shape index (κ2) is 7.11. The summed E-state index contributed by atoms with van der Waals surface area (Å²) >= 11 is 0. The quantitative estimate of drug-likeness (QED) is 0.632. The van der Waals surface area contributed by atoms with Gasteiger partial charge in [-0.15, -0.1) is 0 Å². The summed E-state index contributed by atoms with van der Waals surface area (Å²) in [6, 6.07) is -0.472. The Morgan fingerprint density at radius 3 is 2.19 bits per heavy atom. The van der Waals surface area contributed by atoms with Gasteiger partial charge in [-0.25, -0.2) is 14.4 Å². The van der Waals surface area contributed by atoms with Crippen LogP contribution in [-0.4, -0.2) is 83.0 Å². The first kappa shape index (κ1) is 17.0. The molecule has 0 aromatic rings. The summed E-state index contributed by atoms with van der Waals surface area (Å²) in [5.41, 5.74) is -2.01. The molecule has 120 valence electrons. The van der Waals surface area contributed by atoms with Gasteiger partial charge in [0.1, 0.15) is 0 Å². The van der Waals surface area contributed by atoms with Gasteiger partial charge < -0.3 is 30.1 Å². The van der Waals surface area contributed by atoms with Crippen molar-refractivity contribution in [3.63, 3.8) is 0 Å². The van der Waals surface area contributed by atoms with E-state index in [0.29, 0.717) is 32.8 Å². The van der Waals surface area contributed by atoms with E-state index < -0.39 is 23.7 Å². The van der Waals surface area contributed by atoms with Crippen LogP contribution in [0.2, 0.25) is 0 Å². The number of nitrogens with zero attached hydrogens (tertiary/aromatic N) is 2. The monoisotopic (exact) mass is 303 g/mol. The topological polar surface area (TPSA) is 119 Å². The van der Waals surface area contributed by atoms with Crippen molar-refractivity contribution in [3.8, 4) is 0 Å². The number of urea groups is 1. The van der Waals surface area contributed by atoms with Gasteiger partial charge in [0, 0.05) is 26.2 Å². The third kappa shape index (κ3) is 4.78. The first-order valence-corrected chi connectivity index (χ1v) is 6.68. The van der Waals surface area contributed by atoms with Gasteiger partial charge in [-0.3, -0.25) is 0 Å². The number of amides is 3. The SMILES string of the molecule is CCOC(=O)N1CCN(C(=O)NCC(C)(O)C(=O)O)CC1. The van der Waals surface area contributed by atoms with Gasteiger partial charge in [0.05, 0.1) is 13.2 Å². The van der Waals surface area contributed by atoms with Crippen LogP contribution in [0.4, 0.5) is 9.59 Å². The van der Waals surface area contributed by atoms with Crippen LogP contribution in [0.5, 0.6) is 0 Å². The molecule has 1 aliphatic rings. The van der Waals surface area contributed by atoms with E-state index in [9.17, 15) is 19.5 Å². The van der Waals surface area contributed by atoms with Gasteiger partial charge >= 0.3 is 18.1 Å². The minimum absolute atomic E-state index is 0.295. The predicted molar refractivity (Wildman–Crippen MR) is 71.8 cm³/mol. The number of nitrogens with one attached hydrogen (secondary N) is 1. The summed E-state index contributed by atoms with van der Waals surface area (Å²) < 4.78 is 4.87. The number of aliphatic carboxylic acids is 1. The molecule has 0 saturated carbocycles. The second-order valence-electron chi connectivity index (χ2n) is 4.91. The number of carbonyl (C=O) groups excluding carboxylic acids is 2. The van der Waals surface area contributed by atoms with Crippen LogP contribution in [0.1, 0.15) is 13.8 Å². The lowest BCUT2D eigenvalue weighted by Crippen LogP contribution is -2.55. The molecule has 0 radical (unpaired) electrons. The molecule has 1 fully saturated rings. The summed E-state index contributed by atoms with van der Waals surface area (Å²) in [5, 5.41) is 20.6. The Hall–Kier alpha value is -2.03. The Balaban J connectivity index is 2.39. The standard InChI is InChI=1S/C12H21N3O6/c1-3-21-11(19)15-6-4-14(5-7-15)10(18)13-8-12(2,20)9(16)17/h20H,3-8H2,1-2H3,(H,13,18)(H,16,17). The molecule has 3 N–H and O–H groups in total. The van der Waals surface area contributed by atoms with Crippen LogP contribution >= 0.6 is 0 Å². The first-order valence-electron chi connectivity index (χ1n) is 6.68. The van der Waals surface area contributed by atoms with Crippen molar-refractivity contribution in [1.29, 1.82) is 0 Å². The third-order valence-electron chi connectivity index (χ3n) is 3.14. The second-order valence-corrected chi connectivity index (χ2v) is 4.91. The number of aliphatic hydroxyl groups is 1. The molecule has 1 aliphatic heterocycles. The number of carboxylic acid groups (broad SMARTS) is 1. The largest absolute Gasteiger partial charge is 0.479 e. The number of hydrogen-bond acceptors (Lipinski definition) is 5. The molecule has 3 amide bonds. The summed E-state index contributed by atoms with van der Waals surface area (Å²) in [6.07, 6.45) is -0.411. The Labute approximate surface area is 122 Å². The summed E-state index contributed by atoms with van der Waals surface area (Å²) in [7, 11) is 0. The van der Waals surface area contributed by atoms with Crippen molar-refractivity contribution in [1.82, 2.24) is 15.1 Å². The van der Waals surface area contributed by atoms with Crippen molar-refractivity contribution in [3.05, 3.63) is 0 Å². The van der Waals surface area contributed by atoms with E-state index in [1.165, 1.54) is 9.80 Å². The maximum absolute atomic E-state index is 11.8. The van der Waals surface area contributed by atoms with E-state index in [1.807, 2.05) is 0 Å². The van der Waals surface area contributed by atoms with Crippen molar-refractivity contribution >= 4 is 18.1 Å². The maximum Gasteiger partial charge on any atom is 0.409 e. The number of carboxylic acids is 1. The molecular weight excluding hydrogens is 282 g/mol. The summed E-state index contributed by atoms with van der Waals surface area (Å²) in [4.78, 5) is 37.0. The van der Waals surface area contributed by atoms with E-state index in [0.717, 1.165) is 6.92 Å². The zero-order valence-corrected chi connectivity index (χ0v) is 12.2. The molecule has 0 aromatic heterocycles. The van der Waals surface area contributed by atoms with Gasteiger partial charge in [-0.05, 0) is 13.8 Å². The van der Waals surface area contributed by atoms with Gasteiger partial charge in [-0.1, -0.05) is 0 Å². The summed E-state index contributed by atoms with van der Waals surface area (Å²) in [6.45, 7) is 4.07. The molecule has 1 rings (SSSR count). The van der Waals surface area contributed by atoms with Crippen LogP contribution in [0.25, 0.3) is 0 Å². The highest BCUT2D eigenvalue weighted by molar-refractivity contribution is 5.79. The molecule has 1 atom stereocenters. The first-order chi connectivity index (χ1) is 9.77. The molecule has 0 aromatic carbocycles. The normalized spacial score (nSPS) is 17.9. The number of piperazine rings is 1. The molecule has 0 bridgehead atoms. The third-order valence-corrected chi connectivity index (χ3v) is 3.14. The molecule has 1 saturated heterocycles. The zero-order valence-electron chi connectivity index (χ0n) is 12.2. The Morgan fingerprint density at radius 1 is 1.19 bits per heavy atom. The van der Waals surface area contributed by atoms with E-state index in [-0.39, 0.29) is 6.54 Å². The smallest absolute Gasteiger partial charge is 0.409 e. The lowest BCUT2D eigenvalue weighted by Gasteiger charge is -2.34. The lowest BCUT2D eigenvalue weighted by molar-refractivity contribution is -0.155. The van der Waals surface area contributed by atoms with Crippen molar-refractivity contribution in [2.45, 2.75) is 19.4 Å². The van der Waals surface area contributed by atoms with Crippen LogP contribution in [0.3, 0.4) is 0 Å². The minimum atomic E-state index is -2.01. The van der Waals surface area contributed by atoms with E-state index in [4.69, 9.17) is 9.84 Å². The number of carbonyl (C=O) groups is 3. The molecule has 0 aliphatic carbocycles. The molecular formula is C12H21N3O6. The highest BCUT2D eigenvalue weighted by Gasteiger charge is 2.31. The number of hydrogen-bond donors (Lipinski definition) is 3. The van der Waals surface area contributed by atoms with Gasteiger partial charge in [0.25, 0.3) is 0 Å². The molecule has 9 nitrogen and oxygen atoms in total. The molecule has 1 unspecified atom stereocenters. The van der Waals surface area contributed by atoms with E-state index >= 15 is 0 Å². The Bertz CT molecular complexity index is 404. The van der Waals surface area contributed by atoms with Crippen LogP contribution in [0, 0.1) is 0 Å². The number of ether oxygens (including phenoxy) is 1. The number of rotatable bonds is 4. The fraction of sp³-hybridized carbons (Fsp3) is 0.750. The van der Waals surface area contributed by atoms with E-state index in [2.05, 4.69) is 5.32 Å². The van der Waals surface area contributed by atoms with Crippen LogP contribution in [0.15, 0.2) is 0 Å². The maximum atomic E-state index is 11.8. The fourth-order valence-electron chi connectivity index (χ4n) is 1.74. The Morgan fingerprint density at radius 2 is 1.71 bits per heavy atom.